The van der Waals surface area contributed by atoms with E-state index >= 15 is 0 Å². The Morgan fingerprint density at radius 3 is 2.65 bits per heavy atom. The molecule has 3 rings (SSSR count). The highest BCUT2D eigenvalue weighted by molar-refractivity contribution is 5.38. The average molecular weight is 358 g/mol. The second-order valence-electron chi connectivity index (χ2n) is 7.14. The molecular formula is C20H30N4O2. The van der Waals surface area contributed by atoms with Crippen molar-refractivity contribution < 1.29 is 9.84 Å². The van der Waals surface area contributed by atoms with E-state index in [1.54, 1.807) is 7.11 Å². The molecule has 0 spiro atoms. The summed E-state index contributed by atoms with van der Waals surface area (Å²) in [7, 11) is 1.68. The van der Waals surface area contributed by atoms with E-state index < -0.39 is 0 Å². The molecule has 2 aromatic rings. The third-order valence-corrected chi connectivity index (χ3v) is 5.17. The Morgan fingerprint density at radius 1 is 1.23 bits per heavy atom. The van der Waals surface area contributed by atoms with Gasteiger partial charge in [-0.3, -0.25) is 9.80 Å². The second kappa shape index (κ2) is 8.66. The van der Waals surface area contributed by atoms with Gasteiger partial charge < -0.3 is 14.4 Å². The van der Waals surface area contributed by atoms with Crippen LogP contribution in [0.2, 0.25) is 0 Å². The van der Waals surface area contributed by atoms with E-state index in [-0.39, 0.29) is 6.61 Å². The van der Waals surface area contributed by atoms with Crippen LogP contribution in [-0.4, -0.2) is 69.9 Å². The Kier molecular flexibility index (Phi) is 6.29. The number of aliphatic hydroxyl groups excluding tert-OH is 1. The first-order valence-electron chi connectivity index (χ1n) is 9.38. The lowest BCUT2D eigenvalue weighted by atomic mass is 10.1. The van der Waals surface area contributed by atoms with E-state index in [9.17, 15) is 5.11 Å². The summed E-state index contributed by atoms with van der Waals surface area (Å²) in [5.74, 6) is 1.89. The molecular weight excluding hydrogens is 328 g/mol. The number of methoxy groups -OCH3 is 1. The smallest absolute Gasteiger partial charge is 0.127 e. The van der Waals surface area contributed by atoms with Gasteiger partial charge in [-0.2, -0.15) is 0 Å². The zero-order valence-corrected chi connectivity index (χ0v) is 16.0. The number of hydrogen-bond acceptors (Lipinski definition) is 5. The lowest BCUT2D eigenvalue weighted by molar-refractivity contribution is 0.0337. The Balaban J connectivity index is 1.70. The van der Waals surface area contributed by atoms with E-state index in [1.165, 1.54) is 0 Å². The van der Waals surface area contributed by atoms with Gasteiger partial charge >= 0.3 is 0 Å². The topological polar surface area (TPSA) is 53.8 Å². The number of hydrogen-bond donors (Lipinski definition) is 1. The first-order valence-corrected chi connectivity index (χ1v) is 9.38. The monoisotopic (exact) mass is 358 g/mol. The fourth-order valence-corrected chi connectivity index (χ4v) is 3.79. The van der Waals surface area contributed by atoms with Crippen LogP contribution in [0, 0.1) is 0 Å². The molecule has 0 aliphatic carbocycles. The number of aromatic nitrogens is 2. The first kappa shape index (κ1) is 18.9. The van der Waals surface area contributed by atoms with Crippen molar-refractivity contribution in [1.29, 1.82) is 0 Å². The number of imidazole rings is 1. The fourth-order valence-electron chi connectivity index (χ4n) is 3.79. The maximum absolute atomic E-state index is 9.42. The zero-order valence-electron chi connectivity index (χ0n) is 16.0. The largest absolute Gasteiger partial charge is 0.497 e. The molecule has 1 aromatic carbocycles. The summed E-state index contributed by atoms with van der Waals surface area (Å²) in [6.07, 6.45) is 4.68. The minimum atomic E-state index is 0.238. The minimum Gasteiger partial charge on any atom is -0.497 e. The van der Waals surface area contributed by atoms with Crippen molar-refractivity contribution in [3.63, 3.8) is 0 Å². The third-order valence-electron chi connectivity index (χ3n) is 5.17. The molecule has 0 radical (unpaired) electrons. The van der Waals surface area contributed by atoms with Crippen LogP contribution in [0.25, 0.3) is 5.69 Å². The van der Waals surface area contributed by atoms with Gasteiger partial charge in [0.2, 0.25) is 0 Å². The van der Waals surface area contributed by atoms with E-state index in [0.29, 0.717) is 12.1 Å². The van der Waals surface area contributed by atoms with E-state index in [0.717, 1.165) is 49.9 Å². The summed E-state index contributed by atoms with van der Waals surface area (Å²) >= 11 is 0. The van der Waals surface area contributed by atoms with Gasteiger partial charge in [-0.25, -0.2) is 4.98 Å². The van der Waals surface area contributed by atoms with Crippen LogP contribution in [-0.2, 0) is 6.54 Å². The highest BCUT2D eigenvalue weighted by atomic mass is 16.5. The summed E-state index contributed by atoms with van der Waals surface area (Å²) in [5.41, 5.74) is 1.09. The molecule has 1 atom stereocenters. The molecule has 6 nitrogen and oxygen atoms in total. The maximum Gasteiger partial charge on any atom is 0.127 e. The standard InChI is InChI=1S/C20H30N4O2/c1-16(2)23-12-11-22(14-18(23)8-13-25)15-20-21-9-10-24(20)17-4-6-19(26-3)7-5-17/h4-7,9-10,16,18,25H,8,11-15H2,1-3H3/t18-/m1/s1. The number of aliphatic hydroxyl groups is 1. The van der Waals surface area contributed by atoms with Crippen molar-refractivity contribution in [3.8, 4) is 11.4 Å². The molecule has 0 amide bonds. The van der Waals surface area contributed by atoms with E-state index in [4.69, 9.17) is 4.74 Å². The molecule has 1 saturated heterocycles. The van der Waals surface area contributed by atoms with Gasteiger partial charge in [-0.15, -0.1) is 0 Å². The van der Waals surface area contributed by atoms with Crippen LogP contribution < -0.4 is 4.74 Å². The predicted molar refractivity (Wildman–Crippen MR) is 103 cm³/mol. The van der Waals surface area contributed by atoms with Gasteiger partial charge in [-0.1, -0.05) is 0 Å². The molecule has 1 N–H and O–H groups in total. The lowest BCUT2D eigenvalue weighted by Crippen LogP contribution is -2.55. The van der Waals surface area contributed by atoms with E-state index in [1.807, 2.05) is 24.5 Å². The van der Waals surface area contributed by atoms with E-state index in [2.05, 4.69) is 45.3 Å². The lowest BCUT2D eigenvalue weighted by Gasteiger charge is -2.43. The summed E-state index contributed by atoms with van der Waals surface area (Å²) in [4.78, 5) is 9.53. The molecule has 1 aromatic heterocycles. The molecule has 1 fully saturated rings. The van der Waals surface area contributed by atoms with Crippen molar-refractivity contribution >= 4 is 0 Å². The van der Waals surface area contributed by atoms with Crippen molar-refractivity contribution in [3.05, 3.63) is 42.5 Å². The van der Waals surface area contributed by atoms with Crippen molar-refractivity contribution in [2.75, 3.05) is 33.4 Å². The molecule has 26 heavy (non-hydrogen) atoms. The van der Waals surface area contributed by atoms with Crippen LogP contribution in [0.3, 0.4) is 0 Å². The average Bonchev–Trinajstić information content (AvgIpc) is 3.10. The van der Waals surface area contributed by atoms with Gasteiger partial charge in [0, 0.05) is 56.4 Å². The predicted octanol–water partition coefficient (Wildman–Crippen LogP) is 2.16. The van der Waals surface area contributed by atoms with Crippen LogP contribution in [0.4, 0.5) is 0 Å². The summed E-state index contributed by atoms with van der Waals surface area (Å²) in [6.45, 7) is 8.54. The van der Waals surface area contributed by atoms with Gasteiger partial charge in [0.05, 0.1) is 13.7 Å². The second-order valence-corrected chi connectivity index (χ2v) is 7.14. The summed E-state index contributed by atoms with van der Waals surface area (Å²) in [5, 5.41) is 9.42. The molecule has 0 unspecified atom stereocenters. The number of ether oxygens (including phenoxy) is 1. The Morgan fingerprint density at radius 2 is 2.00 bits per heavy atom. The van der Waals surface area contributed by atoms with Crippen LogP contribution in [0.15, 0.2) is 36.7 Å². The SMILES string of the molecule is COc1ccc(-n2ccnc2CN2CCN(C(C)C)[C@H](CCO)C2)cc1. The molecule has 1 aliphatic heterocycles. The third kappa shape index (κ3) is 4.26. The molecule has 0 bridgehead atoms. The van der Waals surface area contributed by atoms with Crippen molar-refractivity contribution in [2.45, 2.75) is 38.9 Å². The van der Waals surface area contributed by atoms with Crippen molar-refractivity contribution in [1.82, 2.24) is 19.4 Å². The molecule has 1 aliphatic rings. The normalized spacial score (nSPS) is 19.2. The van der Waals surface area contributed by atoms with Gasteiger partial charge in [0.15, 0.2) is 0 Å². The number of piperazine rings is 1. The highest BCUT2D eigenvalue weighted by Crippen LogP contribution is 2.20. The molecule has 0 saturated carbocycles. The zero-order chi connectivity index (χ0) is 18.5. The van der Waals surface area contributed by atoms with Gasteiger partial charge in [-0.05, 0) is 44.5 Å². The Hall–Kier alpha value is -1.89. The molecule has 142 valence electrons. The minimum absolute atomic E-state index is 0.238. The number of benzene rings is 1. The summed E-state index contributed by atoms with van der Waals surface area (Å²) in [6, 6.07) is 8.95. The molecule has 2 heterocycles. The first-order chi connectivity index (χ1) is 12.6. The Labute approximate surface area is 156 Å². The van der Waals surface area contributed by atoms with Crippen LogP contribution in [0.1, 0.15) is 26.1 Å². The maximum atomic E-state index is 9.42. The van der Waals surface area contributed by atoms with Crippen LogP contribution >= 0.6 is 0 Å². The number of rotatable bonds is 7. The Bertz CT molecular complexity index is 683. The van der Waals surface area contributed by atoms with Gasteiger partial charge in [0.1, 0.15) is 11.6 Å². The summed E-state index contributed by atoms with van der Waals surface area (Å²) < 4.78 is 7.38. The van der Waals surface area contributed by atoms with Crippen molar-refractivity contribution in [2.24, 2.45) is 0 Å². The van der Waals surface area contributed by atoms with Gasteiger partial charge in [0.25, 0.3) is 0 Å². The quantitative estimate of drug-likeness (QED) is 0.822. The highest BCUT2D eigenvalue weighted by Gasteiger charge is 2.28. The fraction of sp³-hybridized carbons (Fsp3) is 0.550. The number of nitrogens with zero attached hydrogens (tertiary/aromatic N) is 4. The van der Waals surface area contributed by atoms with Crippen LogP contribution in [0.5, 0.6) is 5.75 Å². The molecule has 6 heteroatoms.